The lowest BCUT2D eigenvalue weighted by Gasteiger charge is -2.25. The van der Waals surface area contributed by atoms with Crippen molar-refractivity contribution in [2.45, 2.75) is 19.4 Å². The molecule has 0 saturated carbocycles. The Hall–Kier alpha value is -3.26. The van der Waals surface area contributed by atoms with Crippen LogP contribution in [0.3, 0.4) is 0 Å². The summed E-state index contributed by atoms with van der Waals surface area (Å²) in [6, 6.07) is 12.9. The summed E-state index contributed by atoms with van der Waals surface area (Å²) in [5.74, 6) is -0.553. The van der Waals surface area contributed by atoms with E-state index in [4.69, 9.17) is 11.6 Å². The molecule has 0 spiro atoms. The predicted octanol–water partition coefficient (Wildman–Crippen LogP) is 3.39. The number of nitro benzene ring substituents is 1. The average molecular weight is 401 g/mol. The SMILES string of the molecule is CN(Cc1cc([N+](=O)[O-])ccc1Cl)C(=O)C1=NN(c2ccccc2)C(=O)CC1. The normalized spacial score (nSPS) is 13.9. The molecular formula is C19H17ClN4O4. The van der Waals surface area contributed by atoms with E-state index in [9.17, 15) is 19.7 Å². The average Bonchev–Trinajstić information content (AvgIpc) is 2.70. The molecule has 0 aliphatic carbocycles. The first kappa shape index (κ1) is 19.5. The molecule has 1 heterocycles. The lowest BCUT2D eigenvalue weighted by atomic mass is 10.1. The first-order valence-corrected chi connectivity index (χ1v) is 8.88. The molecule has 8 nitrogen and oxygen atoms in total. The van der Waals surface area contributed by atoms with Crippen molar-refractivity contribution in [2.75, 3.05) is 12.1 Å². The molecule has 0 aromatic heterocycles. The zero-order valence-electron chi connectivity index (χ0n) is 15.0. The van der Waals surface area contributed by atoms with Gasteiger partial charge in [0, 0.05) is 43.6 Å². The van der Waals surface area contributed by atoms with E-state index < -0.39 is 4.92 Å². The van der Waals surface area contributed by atoms with Gasteiger partial charge in [0.25, 0.3) is 11.6 Å². The maximum absolute atomic E-state index is 12.8. The Morgan fingerprint density at radius 3 is 2.64 bits per heavy atom. The molecule has 0 atom stereocenters. The van der Waals surface area contributed by atoms with E-state index in [1.54, 1.807) is 31.3 Å². The fourth-order valence-electron chi connectivity index (χ4n) is 2.82. The van der Waals surface area contributed by atoms with Crippen LogP contribution >= 0.6 is 11.6 Å². The second-order valence-corrected chi connectivity index (χ2v) is 6.69. The van der Waals surface area contributed by atoms with Crippen LogP contribution in [0.4, 0.5) is 11.4 Å². The first-order chi connectivity index (χ1) is 13.4. The van der Waals surface area contributed by atoms with Gasteiger partial charge in [-0.05, 0) is 23.8 Å². The number of benzene rings is 2. The Kier molecular flexibility index (Phi) is 5.70. The van der Waals surface area contributed by atoms with Gasteiger partial charge in [0.2, 0.25) is 5.91 Å². The van der Waals surface area contributed by atoms with Gasteiger partial charge in [0.1, 0.15) is 5.71 Å². The van der Waals surface area contributed by atoms with E-state index in [0.29, 0.717) is 16.3 Å². The van der Waals surface area contributed by atoms with Crippen molar-refractivity contribution in [3.63, 3.8) is 0 Å². The zero-order valence-corrected chi connectivity index (χ0v) is 15.8. The van der Waals surface area contributed by atoms with Crippen LogP contribution in [0.25, 0.3) is 0 Å². The number of non-ortho nitro benzene ring substituents is 1. The molecular weight excluding hydrogens is 384 g/mol. The highest BCUT2D eigenvalue weighted by Crippen LogP contribution is 2.24. The van der Waals surface area contributed by atoms with Gasteiger partial charge < -0.3 is 4.90 Å². The zero-order chi connectivity index (χ0) is 20.3. The smallest absolute Gasteiger partial charge is 0.270 e. The Balaban J connectivity index is 1.80. The Morgan fingerprint density at radius 1 is 1.25 bits per heavy atom. The second kappa shape index (κ2) is 8.18. The van der Waals surface area contributed by atoms with E-state index in [1.165, 1.54) is 28.1 Å². The largest absolute Gasteiger partial charge is 0.336 e. The van der Waals surface area contributed by atoms with E-state index in [2.05, 4.69) is 5.10 Å². The van der Waals surface area contributed by atoms with Crippen LogP contribution in [0, 0.1) is 10.1 Å². The van der Waals surface area contributed by atoms with Crippen molar-refractivity contribution in [3.05, 3.63) is 69.2 Å². The third-order valence-electron chi connectivity index (χ3n) is 4.27. The summed E-state index contributed by atoms with van der Waals surface area (Å²) >= 11 is 6.11. The molecule has 28 heavy (non-hydrogen) atoms. The Bertz CT molecular complexity index is 962. The van der Waals surface area contributed by atoms with Crippen LogP contribution in [-0.4, -0.2) is 34.4 Å². The molecule has 2 aromatic carbocycles. The summed E-state index contributed by atoms with van der Waals surface area (Å²) in [7, 11) is 1.56. The molecule has 9 heteroatoms. The van der Waals surface area contributed by atoms with Crippen molar-refractivity contribution in [1.82, 2.24) is 4.90 Å². The number of hydrogen-bond donors (Lipinski definition) is 0. The van der Waals surface area contributed by atoms with E-state index in [1.807, 2.05) is 6.07 Å². The first-order valence-electron chi connectivity index (χ1n) is 8.50. The van der Waals surface area contributed by atoms with Crippen LogP contribution in [0.1, 0.15) is 18.4 Å². The summed E-state index contributed by atoms with van der Waals surface area (Å²) in [5.41, 5.74) is 1.18. The fourth-order valence-corrected chi connectivity index (χ4v) is 3.00. The molecule has 144 valence electrons. The van der Waals surface area contributed by atoms with Crippen molar-refractivity contribution < 1.29 is 14.5 Å². The number of carbonyl (C=O) groups excluding carboxylic acids is 2. The molecule has 0 N–H and O–H groups in total. The third-order valence-corrected chi connectivity index (χ3v) is 4.64. The van der Waals surface area contributed by atoms with Crippen LogP contribution in [0.15, 0.2) is 53.6 Å². The van der Waals surface area contributed by atoms with Crippen LogP contribution in [0.5, 0.6) is 0 Å². The summed E-state index contributed by atoms with van der Waals surface area (Å²) < 4.78 is 0. The molecule has 1 aliphatic rings. The van der Waals surface area contributed by atoms with Crippen LogP contribution < -0.4 is 5.01 Å². The Morgan fingerprint density at radius 2 is 1.96 bits per heavy atom. The molecule has 1 aliphatic heterocycles. The minimum atomic E-state index is -0.518. The molecule has 3 rings (SSSR count). The standard InChI is InChI=1S/C19H17ClN4O4/c1-22(12-13-11-15(24(27)28)7-8-16(13)20)19(26)17-9-10-18(25)23(21-17)14-5-3-2-4-6-14/h2-8,11H,9-10,12H2,1H3. The number of hydrazone groups is 1. The Labute approximate surface area is 166 Å². The molecule has 2 aromatic rings. The molecule has 2 amide bonds. The van der Waals surface area contributed by atoms with Gasteiger partial charge in [-0.3, -0.25) is 19.7 Å². The van der Waals surface area contributed by atoms with Crippen molar-refractivity contribution in [1.29, 1.82) is 0 Å². The van der Waals surface area contributed by atoms with Gasteiger partial charge in [-0.2, -0.15) is 5.10 Å². The summed E-state index contributed by atoms with van der Waals surface area (Å²) in [6.07, 6.45) is 0.402. The van der Waals surface area contributed by atoms with Gasteiger partial charge >= 0.3 is 0 Å². The fraction of sp³-hybridized carbons (Fsp3) is 0.211. The van der Waals surface area contributed by atoms with Gasteiger partial charge in [-0.15, -0.1) is 0 Å². The van der Waals surface area contributed by atoms with Crippen molar-refractivity contribution in [3.8, 4) is 0 Å². The van der Waals surface area contributed by atoms with Crippen LogP contribution in [-0.2, 0) is 16.1 Å². The van der Waals surface area contributed by atoms with Gasteiger partial charge in [0.15, 0.2) is 0 Å². The maximum atomic E-state index is 12.8. The number of halogens is 1. The lowest BCUT2D eigenvalue weighted by Crippen LogP contribution is -2.39. The highest BCUT2D eigenvalue weighted by atomic mass is 35.5. The number of hydrogen-bond acceptors (Lipinski definition) is 5. The molecule has 0 saturated heterocycles. The quantitative estimate of drug-likeness (QED) is 0.567. The number of para-hydroxylation sites is 1. The number of anilines is 1. The van der Waals surface area contributed by atoms with Gasteiger partial charge in [0.05, 0.1) is 10.6 Å². The maximum Gasteiger partial charge on any atom is 0.270 e. The number of nitro groups is 1. The summed E-state index contributed by atoms with van der Waals surface area (Å²) in [6.45, 7) is 0.0810. The van der Waals surface area contributed by atoms with E-state index in [0.717, 1.165) is 0 Å². The van der Waals surface area contributed by atoms with Crippen LogP contribution in [0.2, 0.25) is 5.02 Å². The van der Waals surface area contributed by atoms with E-state index in [-0.39, 0.29) is 42.6 Å². The van der Waals surface area contributed by atoms with Gasteiger partial charge in [-0.25, -0.2) is 5.01 Å². The van der Waals surface area contributed by atoms with Gasteiger partial charge in [-0.1, -0.05) is 29.8 Å². The predicted molar refractivity (Wildman–Crippen MR) is 105 cm³/mol. The highest BCUT2D eigenvalue weighted by Gasteiger charge is 2.27. The summed E-state index contributed by atoms with van der Waals surface area (Å²) in [5, 5.41) is 16.7. The molecule has 0 unspecified atom stereocenters. The third kappa shape index (κ3) is 4.17. The van der Waals surface area contributed by atoms with Crippen molar-refractivity contribution in [2.24, 2.45) is 5.10 Å². The molecule has 0 bridgehead atoms. The van der Waals surface area contributed by atoms with E-state index >= 15 is 0 Å². The number of rotatable bonds is 5. The molecule has 0 fully saturated rings. The second-order valence-electron chi connectivity index (χ2n) is 6.28. The lowest BCUT2D eigenvalue weighted by molar-refractivity contribution is -0.384. The number of amides is 2. The minimum absolute atomic E-state index is 0.0810. The number of carbonyl (C=O) groups is 2. The highest BCUT2D eigenvalue weighted by molar-refractivity contribution is 6.40. The monoisotopic (exact) mass is 400 g/mol. The summed E-state index contributed by atoms with van der Waals surface area (Å²) in [4.78, 5) is 36.8. The molecule has 0 radical (unpaired) electrons. The minimum Gasteiger partial charge on any atom is -0.336 e. The number of nitrogens with zero attached hydrogens (tertiary/aromatic N) is 4. The topological polar surface area (TPSA) is 96.1 Å². The van der Waals surface area contributed by atoms with Crippen molar-refractivity contribution >= 4 is 40.5 Å².